The standard InChI is InChI=1S/C19H15F4N3O3S/c20-16-7-6-14(12-15(16)19(21,22)23)30(28,29)24-10-11-26-18(27)9-8-17(25-26)13-4-2-1-3-5-13/h1-9,12,24H,10-11H2. The molecule has 0 aliphatic carbocycles. The van der Waals surface area contributed by atoms with Gasteiger partial charge in [0.1, 0.15) is 5.82 Å². The highest BCUT2D eigenvalue weighted by Crippen LogP contribution is 2.32. The molecule has 1 aromatic heterocycles. The van der Waals surface area contributed by atoms with Gasteiger partial charge >= 0.3 is 6.18 Å². The molecule has 3 aromatic rings. The highest BCUT2D eigenvalue weighted by atomic mass is 32.2. The highest BCUT2D eigenvalue weighted by molar-refractivity contribution is 7.89. The maximum absolute atomic E-state index is 13.4. The van der Waals surface area contributed by atoms with E-state index < -0.39 is 38.0 Å². The van der Waals surface area contributed by atoms with Crippen molar-refractivity contribution in [1.82, 2.24) is 14.5 Å². The molecule has 0 aliphatic rings. The number of alkyl halides is 3. The van der Waals surface area contributed by atoms with Crippen molar-refractivity contribution < 1.29 is 26.0 Å². The summed E-state index contributed by atoms with van der Waals surface area (Å²) in [6.07, 6.45) is -5.04. The Labute approximate surface area is 168 Å². The Morgan fingerprint density at radius 3 is 2.37 bits per heavy atom. The van der Waals surface area contributed by atoms with Gasteiger partial charge in [0, 0.05) is 18.2 Å². The molecular weight excluding hydrogens is 426 g/mol. The first-order valence-corrected chi connectivity index (χ1v) is 10.1. The number of hydrogen-bond acceptors (Lipinski definition) is 4. The largest absolute Gasteiger partial charge is 0.419 e. The van der Waals surface area contributed by atoms with Crippen LogP contribution in [-0.4, -0.2) is 24.7 Å². The van der Waals surface area contributed by atoms with Gasteiger partial charge < -0.3 is 0 Å². The van der Waals surface area contributed by atoms with Crippen LogP contribution in [0, 0.1) is 5.82 Å². The van der Waals surface area contributed by atoms with Gasteiger partial charge in [-0.3, -0.25) is 4.79 Å². The van der Waals surface area contributed by atoms with Crippen LogP contribution in [0.4, 0.5) is 17.6 Å². The van der Waals surface area contributed by atoms with E-state index in [1.54, 1.807) is 24.3 Å². The topological polar surface area (TPSA) is 81.1 Å². The van der Waals surface area contributed by atoms with Crippen LogP contribution in [0.1, 0.15) is 5.56 Å². The van der Waals surface area contributed by atoms with E-state index in [4.69, 9.17) is 0 Å². The third kappa shape index (κ3) is 4.92. The van der Waals surface area contributed by atoms with Crippen molar-refractivity contribution in [2.45, 2.75) is 17.6 Å². The third-order valence-electron chi connectivity index (χ3n) is 4.11. The zero-order chi connectivity index (χ0) is 21.9. The Morgan fingerprint density at radius 2 is 1.70 bits per heavy atom. The fourth-order valence-electron chi connectivity index (χ4n) is 2.63. The Bertz CT molecular complexity index is 1210. The first-order chi connectivity index (χ1) is 14.1. The number of sulfonamides is 1. The molecule has 0 amide bonds. The molecule has 0 spiro atoms. The molecule has 158 valence electrons. The van der Waals surface area contributed by atoms with E-state index in [1.807, 2.05) is 6.07 Å². The van der Waals surface area contributed by atoms with Crippen LogP contribution in [0.5, 0.6) is 0 Å². The molecule has 0 unspecified atom stereocenters. The van der Waals surface area contributed by atoms with Gasteiger partial charge in [-0.05, 0) is 24.3 Å². The first kappa shape index (κ1) is 21.7. The average molecular weight is 441 g/mol. The summed E-state index contributed by atoms with van der Waals surface area (Å²) in [6.45, 7) is -0.474. The number of nitrogens with zero attached hydrogens (tertiary/aromatic N) is 2. The molecule has 6 nitrogen and oxygen atoms in total. The zero-order valence-corrected chi connectivity index (χ0v) is 16.0. The van der Waals surface area contributed by atoms with Gasteiger partial charge in [-0.15, -0.1) is 0 Å². The lowest BCUT2D eigenvalue weighted by Crippen LogP contribution is -2.32. The number of rotatable bonds is 6. The van der Waals surface area contributed by atoms with Gasteiger partial charge in [0.15, 0.2) is 0 Å². The predicted molar refractivity (Wildman–Crippen MR) is 101 cm³/mol. The Morgan fingerprint density at radius 1 is 1.00 bits per heavy atom. The molecule has 0 saturated carbocycles. The van der Waals surface area contributed by atoms with E-state index in [0.717, 1.165) is 16.3 Å². The number of nitrogens with one attached hydrogen (secondary N) is 1. The van der Waals surface area contributed by atoms with Gasteiger partial charge in [0.2, 0.25) is 10.0 Å². The molecule has 0 bridgehead atoms. The molecule has 0 saturated heterocycles. The minimum absolute atomic E-state index is 0.161. The summed E-state index contributed by atoms with van der Waals surface area (Å²) in [7, 11) is -4.36. The van der Waals surface area contributed by atoms with Crippen molar-refractivity contribution in [3.63, 3.8) is 0 Å². The monoisotopic (exact) mass is 441 g/mol. The zero-order valence-electron chi connectivity index (χ0n) is 15.2. The number of hydrogen-bond donors (Lipinski definition) is 1. The Kier molecular flexibility index (Phi) is 6.04. The van der Waals surface area contributed by atoms with Gasteiger partial charge in [0.05, 0.1) is 22.7 Å². The van der Waals surface area contributed by atoms with Gasteiger partial charge in [-0.25, -0.2) is 22.2 Å². The SMILES string of the molecule is O=c1ccc(-c2ccccc2)nn1CCNS(=O)(=O)c1ccc(F)c(C(F)(F)F)c1. The average Bonchev–Trinajstić information content (AvgIpc) is 2.69. The van der Waals surface area contributed by atoms with Crippen LogP contribution >= 0.6 is 0 Å². The van der Waals surface area contributed by atoms with Crippen molar-refractivity contribution >= 4 is 10.0 Å². The van der Waals surface area contributed by atoms with E-state index in [0.29, 0.717) is 11.8 Å². The van der Waals surface area contributed by atoms with E-state index in [1.165, 1.54) is 12.1 Å². The fourth-order valence-corrected chi connectivity index (χ4v) is 3.68. The summed E-state index contributed by atoms with van der Waals surface area (Å²) in [5.74, 6) is -1.57. The fraction of sp³-hybridized carbons (Fsp3) is 0.158. The number of halogens is 4. The molecule has 0 radical (unpaired) electrons. The molecule has 0 aliphatic heterocycles. The van der Waals surface area contributed by atoms with E-state index in [9.17, 15) is 30.8 Å². The molecule has 3 rings (SSSR count). The predicted octanol–water partition coefficient (Wildman–Crippen LogP) is 3.05. The summed E-state index contributed by atoms with van der Waals surface area (Å²) in [6, 6.07) is 13.2. The van der Waals surface area contributed by atoms with Crippen molar-refractivity contribution in [3.05, 3.63) is 82.4 Å². The van der Waals surface area contributed by atoms with E-state index in [-0.39, 0.29) is 19.2 Å². The summed E-state index contributed by atoms with van der Waals surface area (Å²) in [4.78, 5) is 11.2. The summed E-state index contributed by atoms with van der Waals surface area (Å²) >= 11 is 0. The van der Waals surface area contributed by atoms with Crippen molar-refractivity contribution in [2.24, 2.45) is 0 Å². The van der Waals surface area contributed by atoms with Gasteiger partial charge in [-0.1, -0.05) is 30.3 Å². The number of benzene rings is 2. The Balaban J connectivity index is 1.76. The molecule has 0 atom stereocenters. The quantitative estimate of drug-likeness (QED) is 0.597. The van der Waals surface area contributed by atoms with Crippen molar-refractivity contribution in [2.75, 3.05) is 6.54 Å². The van der Waals surface area contributed by atoms with Crippen LogP contribution in [0.3, 0.4) is 0 Å². The summed E-state index contributed by atoms with van der Waals surface area (Å²) < 4.78 is 79.5. The van der Waals surface area contributed by atoms with Crippen LogP contribution in [-0.2, 0) is 22.7 Å². The van der Waals surface area contributed by atoms with Crippen LogP contribution in [0.15, 0.2) is 70.4 Å². The van der Waals surface area contributed by atoms with Crippen LogP contribution < -0.4 is 10.3 Å². The van der Waals surface area contributed by atoms with Gasteiger partial charge in [-0.2, -0.15) is 18.3 Å². The highest BCUT2D eigenvalue weighted by Gasteiger charge is 2.35. The minimum atomic E-state index is -5.04. The third-order valence-corrected chi connectivity index (χ3v) is 5.56. The second kappa shape index (κ2) is 8.36. The molecule has 30 heavy (non-hydrogen) atoms. The van der Waals surface area contributed by atoms with Crippen LogP contribution in [0.25, 0.3) is 11.3 Å². The molecule has 11 heteroatoms. The van der Waals surface area contributed by atoms with Gasteiger partial charge in [0.25, 0.3) is 5.56 Å². The minimum Gasteiger partial charge on any atom is -0.268 e. The molecule has 1 N–H and O–H groups in total. The molecular formula is C19H15F4N3O3S. The molecule has 0 fully saturated rings. The van der Waals surface area contributed by atoms with Crippen molar-refractivity contribution in [3.8, 4) is 11.3 Å². The number of aromatic nitrogens is 2. The second-order valence-corrected chi connectivity index (χ2v) is 7.95. The first-order valence-electron chi connectivity index (χ1n) is 8.58. The maximum atomic E-state index is 13.4. The summed E-state index contributed by atoms with van der Waals surface area (Å²) in [5.41, 5.74) is -0.918. The lowest BCUT2D eigenvalue weighted by atomic mass is 10.1. The van der Waals surface area contributed by atoms with E-state index in [2.05, 4.69) is 9.82 Å². The van der Waals surface area contributed by atoms with Crippen molar-refractivity contribution in [1.29, 1.82) is 0 Å². The maximum Gasteiger partial charge on any atom is 0.419 e. The van der Waals surface area contributed by atoms with E-state index >= 15 is 0 Å². The molecule has 2 aromatic carbocycles. The normalized spacial score (nSPS) is 12.1. The molecule has 1 heterocycles. The summed E-state index contributed by atoms with van der Waals surface area (Å²) in [5, 5.41) is 4.16. The Hall–Kier alpha value is -3.05. The van der Waals surface area contributed by atoms with Crippen LogP contribution in [0.2, 0.25) is 0 Å². The lowest BCUT2D eigenvalue weighted by Gasteiger charge is -2.12. The second-order valence-electron chi connectivity index (χ2n) is 6.18. The smallest absolute Gasteiger partial charge is 0.268 e. The lowest BCUT2D eigenvalue weighted by molar-refractivity contribution is -0.140.